The summed E-state index contributed by atoms with van der Waals surface area (Å²) in [7, 11) is 0. The molecule has 1 aliphatic heterocycles. The van der Waals surface area contributed by atoms with Crippen molar-refractivity contribution in [1.29, 1.82) is 0 Å². The Hall–Kier alpha value is -3.31. The predicted octanol–water partition coefficient (Wildman–Crippen LogP) is 4.92. The van der Waals surface area contributed by atoms with Crippen molar-refractivity contribution in [3.8, 4) is 0 Å². The van der Waals surface area contributed by atoms with Gasteiger partial charge in [-0.3, -0.25) is 0 Å². The molecule has 1 saturated heterocycles. The quantitative estimate of drug-likeness (QED) is 0.328. The Morgan fingerprint density at radius 1 is 1.10 bits per heavy atom. The van der Waals surface area contributed by atoms with Gasteiger partial charge in [-0.05, 0) is 69.6 Å². The molecule has 0 radical (unpaired) electrons. The summed E-state index contributed by atoms with van der Waals surface area (Å²) in [6, 6.07) is 10.1. The Morgan fingerprint density at radius 3 is 2.77 bits per heavy atom. The van der Waals surface area contributed by atoms with Gasteiger partial charge in [-0.15, -0.1) is 5.10 Å². The molecule has 0 bridgehead atoms. The fourth-order valence-electron chi connectivity index (χ4n) is 4.44. The lowest BCUT2D eigenvalue weighted by molar-refractivity contribution is 0.204. The maximum atomic E-state index is 13.4. The smallest absolute Gasteiger partial charge is 0.189 e. The van der Waals surface area contributed by atoms with E-state index in [0.29, 0.717) is 17.2 Å². The minimum Gasteiger partial charge on any atom is -0.356 e. The van der Waals surface area contributed by atoms with Gasteiger partial charge >= 0.3 is 0 Å². The fraction of sp³-hybridized carbons (Fsp3) is 0.391. The van der Waals surface area contributed by atoms with Gasteiger partial charge in [0.2, 0.25) is 0 Å². The largest absolute Gasteiger partial charge is 0.356 e. The summed E-state index contributed by atoms with van der Waals surface area (Å²) < 4.78 is 20.6. The molecule has 3 heterocycles. The van der Waals surface area contributed by atoms with Crippen LogP contribution in [0.5, 0.6) is 0 Å². The number of rotatable bonds is 6. The number of hydrogen-bond acceptors (Lipinski definition) is 5. The van der Waals surface area contributed by atoms with E-state index in [1.807, 2.05) is 16.8 Å². The van der Waals surface area contributed by atoms with Gasteiger partial charge in [0.25, 0.3) is 0 Å². The standard InChI is InChI=1S/C23H23FN6O/c1-25-18-5-7-20-21(15-18)30(28-26-20)11-3-2-10-29-12-8-16(9-13-29)23-19-6-4-17(24)14-22(19)31-27-23/h4-7,14-16H,2-3,8-13H2. The van der Waals surface area contributed by atoms with E-state index in [2.05, 4.69) is 25.2 Å². The molecule has 7 nitrogen and oxygen atoms in total. The van der Waals surface area contributed by atoms with Crippen molar-refractivity contribution in [3.05, 3.63) is 59.3 Å². The highest BCUT2D eigenvalue weighted by atomic mass is 19.1. The number of aromatic nitrogens is 4. The lowest BCUT2D eigenvalue weighted by atomic mass is 9.91. The lowest BCUT2D eigenvalue weighted by Crippen LogP contribution is -2.33. The molecule has 0 amide bonds. The van der Waals surface area contributed by atoms with E-state index in [-0.39, 0.29) is 5.82 Å². The second-order valence-corrected chi connectivity index (χ2v) is 8.13. The number of nitrogens with zero attached hydrogens (tertiary/aromatic N) is 6. The van der Waals surface area contributed by atoms with Crippen molar-refractivity contribution >= 4 is 27.7 Å². The van der Waals surface area contributed by atoms with Crippen LogP contribution in [0.15, 0.2) is 40.9 Å². The van der Waals surface area contributed by atoms with Gasteiger partial charge in [-0.25, -0.2) is 13.9 Å². The monoisotopic (exact) mass is 418 g/mol. The molecule has 0 spiro atoms. The average Bonchev–Trinajstić information content (AvgIpc) is 3.40. The van der Waals surface area contributed by atoms with E-state index in [4.69, 9.17) is 11.1 Å². The van der Waals surface area contributed by atoms with Crippen LogP contribution < -0.4 is 0 Å². The first-order valence-corrected chi connectivity index (χ1v) is 10.7. The number of aryl methyl sites for hydroxylation is 1. The van der Waals surface area contributed by atoms with Crippen LogP contribution in [0, 0.1) is 12.4 Å². The highest BCUT2D eigenvalue weighted by molar-refractivity contribution is 5.80. The minimum atomic E-state index is -0.296. The van der Waals surface area contributed by atoms with Gasteiger partial charge < -0.3 is 9.42 Å². The first-order valence-electron chi connectivity index (χ1n) is 10.7. The third kappa shape index (κ3) is 4.01. The number of halogens is 1. The van der Waals surface area contributed by atoms with E-state index in [0.717, 1.165) is 74.0 Å². The van der Waals surface area contributed by atoms with E-state index in [9.17, 15) is 4.39 Å². The topological polar surface area (TPSA) is 64.3 Å². The molecule has 5 rings (SSSR count). The van der Waals surface area contributed by atoms with Crippen LogP contribution in [-0.2, 0) is 6.54 Å². The number of benzene rings is 2. The van der Waals surface area contributed by atoms with Gasteiger partial charge in [-0.1, -0.05) is 16.4 Å². The second-order valence-electron chi connectivity index (χ2n) is 8.13. The lowest BCUT2D eigenvalue weighted by Gasteiger charge is -2.31. The summed E-state index contributed by atoms with van der Waals surface area (Å²) in [6.45, 7) is 11.1. The molecular weight excluding hydrogens is 395 g/mol. The predicted molar refractivity (Wildman–Crippen MR) is 115 cm³/mol. The fourth-order valence-corrected chi connectivity index (χ4v) is 4.44. The zero-order chi connectivity index (χ0) is 21.2. The highest BCUT2D eigenvalue weighted by Gasteiger charge is 2.24. The first kappa shape index (κ1) is 19.6. The van der Waals surface area contributed by atoms with Crippen LogP contribution in [0.2, 0.25) is 0 Å². The number of unbranched alkanes of at least 4 members (excludes halogenated alkanes) is 1. The third-order valence-corrected chi connectivity index (χ3v) is 6.16. The van der Waals surface area contributed by atoms with Crippen LogP contribution in [0.1, 0.15) is 37.3 Å². The maximum absolute atomic E-state index is 13.4. The molecule has 2 aromatic heterocycles. The normalized spacial score (nSPS) is 15.6. The van der Waals surface area contributed by atoms with E-state index < -0.39 is 0 Å². The second kappa shape index (κ2) is 8.44. The molecule has 1 aliphatic rings. The molecule has 158 valence electrons. The number of piperidine rings is 1. The number of fused-ring (bicyclic) bond motifs is 2. The van der Waals surface area contributed by atoms with E-state index >= 15 is 0 Å². The molecule has 1 fully saturated rings. The summed E-state index contributed by atoms with van der Waals surface area (Å²) in [5.74, 6) is 0.0665. The van der Waals surface area contributed by atoms with Gasteiger partial charge in [0.05, 0.1) is 17.8 Å². The Bertz CT molecular complexity index is 1250. The van der Waals surface area contributed by atoms with Crippen LogP contribution in [0.3, 0.4) is 0 Å². The number of likely N-dealkylation sites (tertiary alicyclic amines) is 1. The van der Waals surface area contributed by atoms with Gasteiger partial charge in [0.1, 0.15) is 11.3 Å². The van der Waals surface area contributed by atoms with E-state index in [1.54, 1.807) is 12.1 Å². The zero-order valence-corrected chi connectivity index (χ0v) is 17.2. The maximum Gasteiger partial charge on any atom is 0.189 e. The third-order valence-electron chi connectivity index (χ3n) is 6.16. The Balaban J connectivity index is 1.11. The zero-order valence-electron chi connectivity index (χ0n) is 17.2. The summed E-state index contributed by atoms with van der Waals surface area (Å²) in [5.41, 5.74) is 3.86. The summed E-state index contributed by atoms with van der Waals surface area (Å²) >= 11 is 0. The molecule has 0 N–H and O–H groups in total. The summed E-state index contributed by atoms with van der Waals surface area (Å²) in [5, 5.41) is 13.6. The molecule has 0 unspecified atom stereocenters. The molecule has 2 aromatic carbocycles. The Kier molecular flexibility index (Phi) is 5.35. The molecule has 0 aliphatic carbocycles. The Morgan fingerprint density at radius 2 is 1.94 bits per heavy atom. The summed E-state index contributed by atoms with van der Waals surface area (Å²) in [6.07, 6.45) is 4.17. The van der Waals surface area contributed by atoms with Crippen molar-refractivity contribution in [2.45, 2.75) is 38.1 Å². The van der Waals surface area contributed by atoms with Crippen LogP contribution >= 0.6 is 0 Å². The molecule has 8 heteroatoms. The van der Waals surface area contributed by atoms with Gasteiger partial charge in [0.15, 0.2) is 11.3 Å². The molecule has 4 aromatic rings. The van der Waals surface area contributed by atoms with Gasteiger partial charge in [0, 0.05) is 23.9 Å². The first-order chi connectivity index (χ1) is 15.2. The molecule has 0 saturated carbocycles. The summed E-state index contributed by atoms with van der Waals surface area (Å²) in [4.78, 5) is 5.99. The number of hydrogen-bond donors (Lipinski definition) is 0. The van der Waals surface area contributed by atoms with Gasteiger partial charge in [-0.2, -0.15) is 0 Å². The van der Waals surface area contributed by atoms with Crippen LogP contribution in [-0.4, -0.2) is 44.7 Å². The average molecular weight is 418 g/mol. The van der Waals surface area contributed by atoms with Crippen molar-refractivity contribution in [1.82, 2.24) is 25.1 Å². The van der Waals surface area contributed by atoms with Crippen molar-refractivity contribution in [3.63, 3.8) is 0 Å². The highest BCUT2D eigenvalue weighted by Crippen LogP contribution is 2.32. The van der Waals surface area contributed by atoms with Crippen LogP contribution in [0.25, 0.3) is 26.8 Å². The van der Waals surface area contributed by atoms with E-state index in [1.165, 1.54) is 12.1 Å². The molecular formula is C23H23FN6O. The van der Waals surface area contributed by atoms with Crippen LogP contribution in [0.4, 0.5) is 10.1 Å². The van der Waals surface area contributed by atoms with Crippen molar-refractivity contribution in [2.24, 2.45) is 0 Å². The van der Waals surface area contributed by atoms with Crippen molar-refractivity contribution in [2.75, 3.05) is 19.6 Å². The molecule has 0 atom stereocenters. The van der Waals surface area contributed by atoms with Crippen molar-refractivity contribution < 1.29 is 8.91 Å². The SMILES string of the molecule is [C-]#[N+]c1ccc2nnn(CCCCN3CCC(c4noc5cc(F)ccc45)CC3)c2c1. The minimum absolute atomic E-state index is 0.296. The molecule has 31 heavy (non-hydrogen) atoms. The Labute approximate surface area is 179 Å².